The summed E-state index contributed by atoms with van der Waals surface area (Å²) < 4.78 is 51.8. The molecule has 0 aromatic heterocycles. The van der Waals surface area contributed by atoms with Gasteiger partial charge in [0.05, 0.1) is 11.2 Å². The van der Waals surface area contributed by atoms with Crippen molar-refractivity contribution in [3.63, 3.8) is 0 Å². The fraction of sp³-hybridized carbons (Fsp3) is 0.625. The number of sulfonamides is 2. The van der Waals surface area contributed by atoms with Gasteiger partial charge < -0.3 is 0 Å². The van der Waals surface area contributed by atoms with Crippen LogP contribution in [-0.2, 0) is 20.0 Å². The normalized spacial score (nSPS) is 13.2. The van der Waals surface area contributed by atoms with E-state index in [-0.39, 0.29) is 23.9 Å². The third kappa shape index (κ3) is 6.51. The van der Waals surface area contributed by atoms with Crippen molar-refractivity contribution < 1.29 is 16.8 Å². The molecule has 0 spiro atoms. The van der Waals surface area contributed by atoms with Crippen molar-refractivity contribution in [1.29, 1.82) is 0 Å². The minimum absolute atomic E-state index is 0.0358. The summed E-state index contributed by atoms with van der Waals surface area (Å²) in [6.45, 7) is 8.42. The fourth-order valence-electron chi connectivity index (χ4n) is 2.22. The van der Waals surface area contributed by atoms with Gasteiger partial charge in [-0.25, -0.2) is 25.9 Å². The first kappa shape index (κ1) is 21.1. The highest BCUT2D eigenvalue weighted by atomic mass is 32.2. The first-order valence-electron chi connectivity index (χ1n) is 7.98. The van der Waals surface area contributed by atoms with Crippen LogP contribution in [0.4, 0.5) is 0 Å². The molecule has 0 heterocycles. The first-order chi connectivity index (χ1) is 10.9. The molecule has 0 atom stereocenters. The number of rotatable bonds is 9. The second-order valence-electron chi connectivity index (χ2n) is 6.64. The van der Waals surface area contributed by atoms with Gasteiger partial charge in [0.2, 0.25) is 20.0 Å². The minimum atomic E-state index is -3.64. The smallest absolute Gasteiger partial charge is 0.213 e. The molecule has 0 unspecified atom stereocenters. The molecule has 0 saturated carbocycles. The highest BCUT2D eigenvalue weighted by molar-refractivity contribution is 7.89. The van der Waals surface area contributed by atoms with Crippen LogP contribution in [0, 0.1) is 5.92 Å². The van der Waals surface area contributed by atoms with Gasteiger partial charge in [0.25, 0.3) is 0 Å². The van der Waals surface area contributed by atoms with Gasteiger partial charge in [-0.2, -0.15) is 0 Å². The van der Waals surface area contributed by atoms with Crippen LogP contribution in [0.25, 0.3) is 0 Å². The van der Waals surface area contributed by atoms with Crippen molar-refractivity contribution in [3.05, 3.63) is 29.8 Å². The number of nitrogens with one attached hydrogen (secondary N) is 1. The largest absolute Gasteiger partial charge is 0.240 e. The summed E-state index contributed by atoms with van der Waals surface area (Å²) in [5.41, 5.74) is 1.06. The van der Waals surface area contributed by atoms with Crippen molar-refractivity contribution in [3.8, 4) is 0 Å². The third-order valence-electron chi connectivity index (χ3n) is 3.55. The molecule has 0 aliphatic carbocycles. The molecule has 0 fully saturated rings. The van der Waals surface area contributed by atoms with Gasteiger partial charge in [-0.3, -0.25) is 0 Å². The zero-order chi connectivity index (χ0) is 18.5. The van der Waals surface area contributed by atoms with Crippen LogP contribution in [0.15, 0.2) is 29.2 Å². The first-order valence-corrected chi connectivity index (χ1v) is 11.3. The molecule has 0 aliphatic rings. The maximum atomic E-state index is 12.3. The summed E-state index contributed by atoms with van der Waals surface area (Å²) in [5, 5.41) is 0. The van der Waals surface area contributed by atoms with E-state index in [1.54, 1.807) is 24.3 Å². The van der Waals surface area contributed by atoms with Gasteiger partial charge in [-0.1, -0.05) is 39.8 Å². The second-order valence-corrected chi connectivity index (χ2v) is 10.4. The number of nitrogens with zero attached hydrogens (tertiary/aromatic N) is 1. The summed E-state index contributed by atoms with van der Waals surface area (Å²) in [7, 11) is -7.00. The number of hydrogen-bond acceptors (Lipinski definition) is 4. The van der Waals surface area contributed by atoms with E-state index in [9.17, 15) is 16.8 Å². The SMILES string of the molecule is CC(C)CN(CCNS(=O)(=O)c1ccc(C(C)C)cc1)S(C)(=O)=O. The molecular formula is C16H28N2O4S2. The molecule has 6 nitrogen and oxygen atoms in total. The summed E-state index contributed by atoms with van der Waals surface area (Å²) in [5.74, 6) is 0.494. The van der Waals surface area contributed by atoms with Crippen molar-refractivity contribution in [2.75, 3.05) is 25.9 Å². The van der Waals surface area contributed by atoms with Gasteiger partial charge in [0.15, 0.2) is 0 Å². The molecule has 1 aromatic rings. The molecule has 0 aliphatic heterocycles. The molecule has 1 rings (SSSR count). The summed E-state index contributed by atoms with van der Waals surface area (Å²) >= 11 is 0. The molecule has 0 amide bonds. The maximum Gasteiger partial charge on any atom is 0.240 e. The lowest BCUT2D eigenvalue weighted by Gasteiger charge is -2.22. The fourth-order valence-corrected chi connectivity index (χ4v) is 4.23. The van der Waals surface area contributed by atoms with Crippen LogP contribution in [0.1, 0.15) is 39.2 Å². The predicted octanol–water partition coefficient (Wildman–Crippen LogP) is 2.01. The standard InChI is InChI=1S/C16H28N2O4S2/c1-13(2)12-18(23(5,19)20)11-10-17-24(21,22)16-8-6-15(7-9-16)14(3)4/h6-9,13-14,17H,10-12H2,1-5H3. The molecule has 0 saturated heterocycles. The van der Waals surface area contributed by atoms with Crippen LogP contribution in [-0.4, -0.2) is 47.0 Å². The average molecular weight is 377 g/mol. The summed E-state index contributed by atoms with van der Waals surface area (Å²) in [6, 6.07) is 6.72. The Labute approximate surface area is 146 Å². The van der Waals surface area contributed by atoms with Crippen molar-refractivity contribution in [2.45, 2.75) is 38.5 Å². The Hall–Kier alpha value is -0.960. The van der Waals surface area contributed by atoms with Gasteiger partial charge >= 0.3 is 0 Å². The summed E-state index contributed by atoms with van der Waals surface area (Å²) in [6.07, 6.45) is 1.13. The van der Waals surface area contributed by atoms with E-state index in [0.717, 1.165) is 11.8 Å². The number of benzene rings is 1. The van der Waals surface area contributed by atoms with Gasteiger partial charge in [-0.05, 0) is 29.5 Å². The van der Waals surface area contributed by atoms with E-state index < -0.39 is 20.0 Å². The molecule has 24 heavy (non-hydrogen) atoms. The average Bonchev–Trinajstić information content (AvgIpc) is 2.44. The van der Waals surface area contributed by atoms with E-state index >= 15 is 0 Å². The Morgan fingerprint density at radius 3 is 1.96 bits per heavy atom. The van der Waals surface area contributed by atoms with Gasteiger partial charge in [-0.15, -0.1) is 0 Å². The van der Waals surface area contributed by atoms with Crippen LogP contribution in [0.2, 0.25) is 0 Å². The van der Waals surface area contributed by atoms with Crippen LogP contribution < -0.4 is 4.72 Å². The molecule has 138 valence electrons. The van der Waals surface area contributed by atoms with Crippen LogP contribution >= 0.6 is 0 Å². The van der Waals surface area contributed by atoms with Crippen molar-refractivity contribution >= 4 is 20.0 Å². The monoisotopic (exact) mass is 376 g/mol. The molecular weight excluding hydrogens is 348 g/mol. The van der Waals surface area contributed by atoms with E-state index in [1.165, 1.54) is 4.31 Å². The lowest BCUT2D eigenvalue weighted by atomic mass is 10.0. The Morgan fingerprint density at radius 2 is 1.54 bits per heavy atom. The Kier molecular flexibility index (Phi) is 7.40. The van der Waals surface area contributed by atoms with E-state index in [2.05, 4.69) is 4.72 Å². The molecule has 0 bridgehead atoms. The highest BCUT2D eigenvalue weighted by Gasteiger charge is 2.19. The summed E-state index contributed by atoms with van der Waals surface area (Å²) in [4.78, 5) is 0.182. The highest BCUT2D eigenvalue weighted by Crippen LogP contribution is 2.17. The van der Waals surface area contributed by atoms with Crippen LogP contribution in [0.5, 0.6) is 0 Å². The van der Waals surface area contributed by atoms with Crippen LogP contribution in [0.3, 0.4) is 0 Å². The maximum absolute atomic E-state index is 12.3. The quantitative estimate of drug-likeness (QED) is 0.714. The zero-order valence-electron chi connectivity index (χ0n) is 15.0. The Morgan fingerprint density at radius 1 is 1.00 bits per heavy atom. The lowest BCUT2D eigenvalue weighted by molar-refractivity contribution is 0.372. The van der Waals surface area contributed by atoms with Crippen molar-refractivity contribution in [1.82, 2.24) is 9.03 Å². The second kappa shape index (κ2) is 8.42. The topological polar surface area (TPSA) is 83.6 Å². The molecule has 1 aromatic carbocycles. The Bertz CT molecular complexity index is 724. The molecule has 8 heteroatoms. The predicted molar refractivity (Wildman–Crippen MR) is 97.0 cm³/mol. The van der Waals surface area contributed by atoms with Gasteiger partial charge in [0, 0.05) is 19.6 Å². The zero-order valence-corrected chi connectivity index (χ0v) is 16.6. The van der Waals surface area contributed by atoms with Crippen molar-refractivity contribution in [2.24, 2.45) is 5.92 Å². The third-order valence-corrected chi connectivity index (χ3v) is 6.29. The van der Waals surface area contributed by atoms with E-state index in [4.69, 9.17) is 0 Å². The van der Waals surface area contributed by atoms with Gasteiger partial charge in [0.1, 0.15) is 0 Å². The lowest BCUT2D eigenvalue weighted by Crippen LogP contribution is -2.39. The Balaban J connectivity index is 2.74. The van der Waals surface area contributed by atoms with E-state index in [1.807, 2.05) is 27.7 Å². The number of hydrogen-bond donors (Lipinski definition) is 1. The molecule has 0 radical (unpaired) electrons. The minimum Gasteiger partial charge on any atom is -0.213 e. The van der Waals surface area contributed by atoms with E-state index in [0.29, 0.717) is 12.5 Å². The molecule has 1 N–H and O–H groups in total.